The molecule has 18 heavy (non-hydrogen) atoms. The fraction of sp³-hybridized carbons (Fsp3) is 0.692. The molecule has 0 saturated carbocycles. The van der Waals surface area contributed by atoms with Crippen LogP contribution in [0.3, 0.4) is 0 Å². The lowest BCUT2D eigenvalue weighted by atomic mass is 10.0. The minimum absolute atomic E-state index is 0.149. The van der Waals surface area contributed by atoms with E-state index in [2.05, 4.69) is 6.58 Å². The van der Waals surface area contributed by atoms with Crippen molar-refractivity contribution in [2.24, 2.45) is 5.92 Å². The first kappa shape index (κ1) is 14.5. The third-order valence-electron chi connectivity index (χ3n) is 2.80. The van der Waals surface area contributed by atoms with Gasteiger partial charge in [-0.2, -0.15) is 0 Å². The van der Waals surface area contributed by atoms with Crippen LogP contribution >= 0.6 is 0 Å². The Bertz CT molecular complexity index is 345. The molecule has 102 valence electrons. The Morgan fingerprint density at radius 1 is 1.50 bits per heavy atom. The number of nitrogens with zero attached hydrogens (tertiary/aromatic N) is 1. The number of carboxylic acid groups (broad SMARTS) is 1. The standard InChI is InChI=1S/C13H21NO4/c1-5-6-9-7-10(11(15)16)14(8-9)12(17)18-13(2,3)4/h5,9-10H,1,6-8H2,2-4H3,(H,15,16). The summed E-state index contributed by atoms with van der Waals surface area (Å²) >= 11 is 0. The Balaban J connectivity index is 2.75. The van der Waals surface area contributed by atoms with E-state index in [-0.39, 0.29) is 5.92 Å². The molecule has 1 heterocycles. The average Bonchev–Trinajstić information content (AvgIpc) is 2.59. The van der Waals surface area contributed by atoms with Crippen molar-refractivity contribution < 1.29 is 19.4 Å². The van der Waals surface area contributed by atoms with Gasteiger partial charge in [0.05, 0.1) is 0 Å². The summed E-state index contributed by atoms with van der Waals surface area (Å²) in [6, 6.07) is -0.787. The molecule has 0 spiro atoms. The maximum Gasteiger partial charge on any atom is 0.411 e. The Hall–Kier alpha value is -1.52. The zero-order valence-corrected chi connectivity index (χ0v) is 11.2. The normalized spacial score (nSPS) is 23.8. The van der Waals surface area contributed by atoms with Crippen molar-refractivity contribution in [1.29, 1.82) is 0 Å². The molecule has 0 aliphatic carbocycles. The molecule has 0 aromatic carbocycles. The fourth-order valence-electron chi connectivity index (χ4n) is 2.09. The summed E-state index contributed by atoms with van der Waals surface area (Å²) < 4.78 is 5.23. The number of ether oxygens (including phenoxy) is 1. The van der Waals surface area contributed by atoms with Gasteiger partial charge in [-0.15, -0.1) is 6.58 Å². The monoisotopic (exact) mass is 255 g/mol. The maximum atomic E-state index is 11.9. The van der Waals surface area contributed by atoms with Crippen molar-refractivity contribution in [1.82, 2.24) is 4.90 Å². The highest BCUT2D eigenvalue weighted by Gasteiger charge is 2.40. The van der Waals surface area contributed by atoms with Gasteiger partial charge in [0.25, 0.3) is 0 Å². The van der Waals surface area contributed by atoms with Crippen LogP contribution in [0.5, 0.6) is 0 Å². The summed E-state index contributed by atoms with van der Waals surface area (Å²) in [5.41, 5.74) is -0.614. The van der Waals surface area contributed by atoms with Crippen molar-refractivity contribution in [2.75, 3.05) is 6.54 Å². The Morgan fingerprint density at radius 2 is 2.11 bits per heavy atom. The molecule has 0 aromatic rings. The first-order chi connectivity index (χ1) is 8.24. The Kier molecular flexibility index (Phi) is 4.38. The number of carbonyl (C=O) groups excluding carboxylic acids is 1. The van der Waals surface area contributed by atoms with E-state index in [0.29, 0.717) is 19.4 Å². The summed E-state index contributed by atoms with van der Waals surface area (Å²) in [6.07, 6.45) is 2.37. The molecule has 1 fully saturated rings. The molecule has 2 unspecified atom stereocenters. The van der Waals surface area contributed by atoms with Gasteiger partial charge < -0.3 is 9.84 Å². The first-order valence-corrected chi connectivity index (χ1v) is 6.08. The molecule has 1 amide bonds. The molecule has 5 heteroatoms. The van der Waals surface area contributed by atoms with Crippen molar-refractivity contribution in [3.63, 3.8) is 0 Å². The lowest BCUT2D eigenvalue weighted by Crippen LogP contribution is -2.43. The molecule has 0 aromatic heterocycles. The highest BCUT2D eigenvalue weighted by Crippen LogP contribution is 2.27. The zero-order chi connectivity index (χ0) is 13.9. The minimum atomic E-state index is -0.979. The van der Waals surface area contributed by atoms with Crippen LogP contribution in [0, 0.1) is 5.92 Å². The van der Waals surface area contributed by atoms with E-state index in [0.717, 1.165) is 0 Å². The van der Waals surface area contributed by atoms with Crippen LogP contribution in [0.25, 0.3) is 0 Å². The van der Waals surface area contributed by atoms with Gasteiger partial charge in [0.2, 0.25) is 0 Å². The number of aliphatic carboxylic acids is 1. The van der Waals surface area contributed by atoms with Gasteiger partial charge in [-0.25, -0.2) is 9.59 Å². The molecular formula is C13H21NO4. The molecule has 0 radical (unpaired) electrons. The third-order valence-corrected chi connectivity index (χ3v) is 2.80. The number of allylic oxidation sites excluding steroid dienone is 1. The van der Waals surface area contributed by atoms with Gasteiger partial charge in [-0.1, -0.05) is 6.08 Å². The van der Waals surface area contributed by atoms with Gasteiger partial charge in [0, 0.05) is 6.54 Å². The largest absolute Gasteiger partial charge is 0.480 e. The van der Waals surface area contributed by atoms with Gasteiger partial charge in [0.1, 0.15) is 11.6 Å². The first-order valence-electron chi connectivity index (χ1n) is 6.08. The number of amides is 1. The number of likely N-dealkylation sites (tertiary alicyclic amines) is 1. The molecule has 1 aliphatic heterocycles. The van der Waals surface area contributed by atoms with Crippen molar-refractivity contribution >= 4 is 12.1 Å². The highest BCUT2D eigenvalue weighted by molar-refractivity contribution is 5.81. The van der Waals surface area contributed by atoms with E-state index in [1.54, 1.807) is 26.8 Å². The molecule has 2 atom stereocenters. The van der Waals surface area contributed by atoms with Crippen molar-refractivity contribution in [3.05, 3.63) is 12.7 Å². The number of rotatable bonds is 3. The molecule has 1 aliphatic rings. The van der Waals surface area contributed by atoms with Gasteiger partial charge in [-0.3, -0.25) is 4.90 Å². The molecule has 5 nitrogen and oxygen atoms in total. The van der Waals surface area contributed by atoms with Gasteiger partial charge in [-0.05, 0) is 39.5 Å². The lowest BCUT2D eigenvalue weighted by molar-refractivity contribution is -0.142. The summed E-state index contributed by atoms with van der Waals surface area (Å²) in [5, 5.41) is 9.14. The van der Waals surface area contributed by atoms with E-state index in [9.17, 15) is 9.59 Å². The third kappa shape index (κ3) is 3.75. The summed E-state index contributed by atoms with van der Waals surface area (Å²) in [4.78, 5) is 24.4. The van der Waals surface area contributed by atoms with Crippen LogP contribution in [0.4, 0.5) is 4.79 Å². The second-order valence-electron chi connectivity index (χ2n) is 5.61. The second kappa shape index (κ2) is 5.42. The fourth-order valence-corrected chi connectivity index (χ4v) is 2.09. The van der Waals surface area contributed by atoms with Crippen LogP contribution in [0.15, 0.2) is 12.7 Å². The predicted molar refractivity (Wildman–Crippen MR) is 67.3 cm³/mol. The average molecular weight is 255 g/mol. The second-order valence-corrected chi connectivity index (χ2v) is 5.61. The Morgan fingerprint density at radius 3 is 2.56 bits per heavy atom. The van der Waals surface area contributed by atoms with Crippen LogP contribution in [0.1, 0.15) is 33.6 Å². The molecule has 1 saturated heterocycles. The van der Waals surface area contributed by atoms with E-state index >= 15 is 0 Å². The van der Waals surface area contributed by atoms with Crippen LogP contribution in [0.2, 0.25) is 0 Å². The highest BCUT2D eigenvalue weighted by atomic mass is 16.6. The number of hydrogen-bond acceptors (Lipinski definition) is 3. The van der Waals surface area contributed by atoms with Crippen molar-refractivity contribution in [3.8, 4) is 0 Å². The summed E-state index contributed by atoms with van der Waals surface area (Å²) in [5.74, 6) is -0.830. The summed E-state index contributed by atoms with van der Waals surface area (Å²) in [6.45, 7) is 9.34. The predicted octanol–water partition coefficient (Wildman–Crippen LogP) is 2.27. The maximum absolute atomic E-state index is 11.9. The zero-order valence-electron chi connectivity index (χ0n) is 11.2. The van der Waals surface area contributed by atoms with Gasteiger partial charge >= 0.3 is 12.1 Å². The lowest BCUT2D eigenvalue weighted by Gasteiger charge is -2.26. The van der Waals surface area contributed by atoms with Gasteiger partial charge in [0.15, 0.2) is 0 Å². The van der Waals surface area contributed by atoms with E-state index in [1.165, 1.54) is 4.90 Å². The van der Waals surface area contributed by atoms with Crippen LogP contribution < -0.4 is 0 Å². The molecule has 1 N–H and O–H groups in total. The Labute approximate surface area is 107 Å². The molecule has 1 rings (SSSR count). The van der Waals surface area contributed by atoms with Crippen molar-refractivity contribution in [2.45, 2.75) is 45.3 Å². The SMILES string of the molecule is C=CCC1CC(C(=O)O)N(C(=O)OC(C)(C)C)C1. The summed E-state index contributed by atoms with van der Waals surface area (Å²) in [7, 11) is 0. The smallest absolute Gasteiger partial charge is 0.411 e. The van der Waals surface area contributed by atoms with Crippen LogP contribution in [-0.2, 0) is 9.53 Å². The number of carbonyl (C=O) groups is 2. The quantitative estimate of drug-likeness (QED) is 0.786. The number of carboxylic acids is 1. The van der Waals surface area contributed by atoms with E-state index < -0.39 is 23.7 Å². The van der Waals surface area contributed by atoms with Crippen LogP contribution in [-0.4, -0.2) is 40.3 Å². The molecular weight excluding hydrogens is 234 g/mol. The number of hydrogen-bond donors (Lipinski definition) is 1. The molecule has 0 bridgehead atoms. The topological polar surface area (TPSA) is 66.8 Å². The van der Waals surface area contributed by atoms with E-state index in [4.69, 9.17) is 9.84 Å². The van der Waals surface area contributed by atoms with E-state index in [1.807, 2.05) is 0 Å². The minimum Gasteiger partial charge on any atom is -0.480 e.